The van der Waals surface area contributed by atoms with E-state index in [-0.39, 0.29) is 12.5 Å². The number of ether oxygens (including phenoxy) is 2. The van der Waals surface area contributed by atoms with E-state index in [0.29, 0.717) is 24.5 Å². The van der Waals surface area contributed by atoms with Crippen molar-refractivity contribution in [1.82, 2.24) is 5.32 Å². The fraction of sp³-hybridized carbons (Fsp3) is 0.417. The van der Waals surface area contributed by atoms with Crippen LogP contribution in [-0.4, -0.2) is 33.2 Å². The van der Waals surface area contributed by atoms with Crippen LogP contribution in [0, 0.1) is 0 Å². The molecule has 0 fully saturated rings. The van der Waals surface area contributed by atoms with Crippen LogP contribution in [-0.2, 0) is 11.2 Å². The molecule has 0 radical (unpaired) electrons. The summed E-state index contributed by atoms with van der Waals surface area (Å²) < 4.78 is 10.5. The molecule has 1 aromatic rings. The van der Waals surface area contributed by atoms with E-state index in [1.54, 1.807) is 20.2 Å². The van der Waals surface area contributed by atoms with Gasteiger partial charge in [-0.3, -0.25) is 4.79 Å². The van der Waals surface area contributed by atoms with Gasteiger partial charge >= 0.3 is 0 Å². The van der Waals surface area contributed by atoms with E-state index in [9.17, 15) is 4.79 Å². The molecule has 17 heavy (non-hydrogen) atoms. The summed E-state index contributed by atoms with van der Waals surface area (Å²) in [7, 11) is 3.15. The number of hydrogen-bond donors (Lipinski definition) is 2. The van der Waals surface area contributed by atoms with E-state index < -0.39 is 0 Å². The average molecular weight is 238 g/mol. The van der Waals surface area contributed by atoms with E-state index in [1.807, 2.05) is 12.1 Å². The molecule has 0 saturated heterocycles. The fourth-order valence-electron chi connectivity index (χ4n) is 1.37. The average Bonchev–Trinajstić information content (AvgIpc) is 2.37. The summed E-state index contributed by atoms with van der Waals surface area (Å²) in [5, 5.41) is 2.50. The number of carbonyl (C=O) groups excluding carboxylic acids is 1. The molecule has 0 aliphatic heterocycles. The van der Waals surface area contributed by atoms with Gasteiger partial charge in [0.1, 0.15) is 11.5 Å². The highest BCUT2D eigenvalue weighted by Gasteiger charge is 2.07. The number of benzene rings is 1. The molecule has 94 valence electrons. The summed E-state index contributed by atoms with van der Waals surface area (Å²) in [6, 6.07) is 5.50. The molecule has 0 unspecified atom stereocenters. The number of methoxy groups -OCH3 is 1. The fourth-order valence-corrected chi connectivity index (χ4v) is 1.37. The highest BCUT2D eigenvalue weighted by atomic mass is 16.5. The van der Waals surface area contributed by atoms with Crippen molar-refractivity contribution in [2.45, 2.75) is 6.42 Å². The maximum atomic E-state index is 11.1. The second kappa shape index (κ2) is 6.75. The van der Waals surface area contributed by atoms with Gasteiger partial charge in [-0.05, 0) is 24.6 Å². The maximum Gasteiger partial charge on any atom is 0.257 e. The summed E-state index contributed by atoms with van der Waals surface area (Å²) in [5.74, 6) is 1.16. The smallest absolute Gasteiger partial charge is 0.257 e. The van der Waals surface area contributed by atoms with Crippen molar-refractivity contribution in [3.05, 3.63) is 23.8 Å². The molecule has 3 N–H and O–H groups in total. The first-order valence-electron chi connectivity index (χ1n) is 5.41. The number of amides is 1. The van der Waals surface area contributed by atoms with Crippen LogP contribution in [0.2, 0.25) is 0 Å². The Morgan fingerprint density at radius 1 is 1.47 bits per heavy atom. The summed E-state index contributed by atoms with van der Waals surface area (Å²) in [4.78, 5) is 11.1. The van der Waals surface area contributed by atoms with Gasteiger partial charge in [0.05, 0.1) is 7.11 Å². The van der Waals surface area contributed by atoms with Crippen LogP contribution < -0.4 is 20.5 Å². The lowest BCUT2D eigenvalue weighted by atomic mass is 10.1. The van der Waals surface area contributed by atoms with Crippen molar-refractivity contribution in [1.29, 1.82) is 0 Å². The lowest BCUT2D eigenvalue weighted by Gasteiger charge is -2.12. The number of likely N-dealkylation sites (N-methyl/N-ethyl adjacent to an activating group) is 1. The van der Waals surface area contributed by atoms with Crippen LogP contribution in [0.1, 0.15) is 5.56 Å². The Morgan fingerprint density at radius 3 is 2.82 bits per heavy atom. The molecule has 5 nitrogen and oxygen atoms in total. The van der Waals surface area contributed by atoms with Crippen LogP contribution in [0.15, 0.2) is 18.2 Å². The minimum atomic E-state index is -0.175. The predicted molar refractivity (Wildman–Crippen MR) is 65.3 cm³/mol. The number of carbonyl (C=O) groups is 1. The molecule has 0 spiro atoms. The quantitative estimate of drug-likeness (QED) is 0.748. The molecule has 1 rings (SSSR count). The molecule has 1 aromatic carbocycles. The molecule has 0 saturated carbocycles. The van der Waals surface area contributed by atoms with Gasteiger partial charge in [0.15, 0.2) is 6.61 Å². The molecular formula is C12H18N2O3. The topological polar surface area (TPSA) is 73.6 Å². The van der Waals surface area contributed by atoms with E-state index in [0.717, 1.165) is 5.56 Å². The minimum absolute atomic E-state index is 0.0127. The van der Waals surface area contributed by atoms with Crippen molar-refractivity contribution < 1.29 is 14.3 Å². The van der Waals surface area contributed by atoms with Gasteiger partial charge in [0.25, 0.3) is 5.91 Å². The van der Waals surface area contributed by atoms with Crippen molar-refractivity contribution >= 4 is 5.91 Å². The highest BCUT2D eigenvalue weighted by molar-refractivity contribution is 5.77. The number of rotatable bonds is 6. The van der Waals surface area contributed by atoms with Crippen molar-refractivity contribution in [3.63, 3.8) is 0 Å². The molecule has 0 heterocycles. The summed E-state index contributed by atoms with van der Waals surface area (Å²) in [5.41, 5.74) is 6.49. The van der Waals surface area contributed by atoms with Gasteiger partial charge in [-0.15, -0.1) is 0 Å². The summed E-state index contributed by atoms with van der Waals surface area (Å²) in [6.07, 6.45) is 0.701. The zero-order valence-electron chi connectivity index (χ0n) is 10.2. The van der Waals surface area contributed by atoms with Gasteiger partial charge < -0.3 is 20.5 Å². The van der Waals surface area contributed by atoms with E-state index in [2.05, 4.69) is 5.32 Å². The normalized spacial score (nSPS) is 9.82. The van der Waals surface area contributed by atoms with Crippen LogP contribution >= 0.6 is 0 Å². The Bertz CT molecular complexity index is 380. The number of nitrogens with two attached hydrogens (primary N) is 1. The minimum Gasteiger partial charge on any atom is -0.497 e. The largest absolute Gasteiger partial charge is 0.497 e. The lowest BCUT2D eigenvalue weighted by Crippen LogP contribution is -2.25. The van der Waals surface area contributed by atoms with E-state index in [1.165, 1.54) is 0 Å². The SMILES string of the molecule is CNC(=O)COc1cc(OC)ccc1CCN. The first kappa shape index (κ1) is 13.3. The maximum absolute atomic E-state index is 11.1. The Morgan fingerprint density at radius 2 is 2.24 bits per heavy atom. The molecule has 0 aliphatic rings. The molecule has 5 heteroatoms. The number of hydrogen-bond acceptors (Lipinski definition) is 4. The van der Waals surface area contributed by atoms with Gasteiger partial charge in [0, 0.05) is 13.1 Å². The summed E-state index contributed by atoms with van der Waals surface area (Å²) in [6.45, 7) is 0.518. The second-order valence-electron chi connectivity index (χ2n) is 3.47. The Kier molecular flexibility index (Phi) is 5.29. The van der Waals surface area contributed by atoms with E-state index >= 15 is 0 Å². The first-order valence-corrected chi connectivity index (χ1v) is 5.41. The molecule has 0 bridgehead atoms. The molecule has 0 aliphatic carbocycles. The lowest BCUT2D eigenvalue weighted by molar-refractivity contribution is -0.122. The van der Waals surface area contributed by atoms with Crippen molar-refractivity contribution in [3.8, 4) is 11.5 Å². The third-order valence-electron chi connectivity index (χ3n) is 2.33. The van der Waals surface area contributed by atoms with Crippen LogP contribution in [0.3, 0.4) is 0 Å². The Labute approximate surface area is 101 Å². The van der Waals surface area contributed by atoms with Crippen LogP contribution in [0.4, 0.5) is 0 Å². The zero-order valence-corrected chi connectivity index (χ0v) is 10.2. The van der Waals surface area contributed by atoms with Crippen LogP contribution in [0.5, 0.6) is 11.5 Å². The first-order chi connectivity index (χ1) is 8.21. The highest BCUT2D eigenvalue weighted by Crippen LogP contribution is 2.25. The second-order valence-corrected chi connectivity index (χ2v) is 3.47. The van der Waals surface area contributed by atoms with Gasteiger partial charge in [-0.1, -0.05) is 6.07 Å². The Balaban J connectivity index is 2.80. The third kappa shape index (κ3) is 3.96. The van der Waals surface area contributed by atoms with Crippen molar-refractivity contribution in [2.75, 3.05) is 27.3 Å². The summed E-state index contributed by atoms with van der Waals surface area (Å²) >= 11 is 0. The zero-order chi connectivity index (χ0) is 12.7. The molecule has 1 amide bonds. The standard InChI is InChI=1S/C12H18N2O3/c1-14-12(15)8-17-11-7-10(16-2)4-3-9(11)5-6-13/h3-4,7H,5-6,8,13H2,1-2H3,(H,14,15). The van der Waals surface area contributed by atoms with Crippen LogP contribution in [0.25, 0.3) is 0 Å². The van der Waals surface area contributed by atoms with Gasteiger partial charge in [-0.25, -0.2) is 0 Å². The van der Waals surface area contributed by atoms with Crippen molar-refractivity contribution in [2.24, 2.45) is 5.73 Å². The monoisotopic (exact) mass is 238 g/mol. The van der Waals surface area contributed by atoms with Gasteiger partial charge in [-0.2, -0.15) is 0 Å². The Hall–Kier alpha value is -1.75. The van der Waals surface area contributed by atoms with Gasteiger partial charge in [0.2, 0.25) is 0 Å². The predicted octanol–water partition coefficient (Wildman–Crippen LogP) is 0.321. The van der Waals surface area contributed by atoms with E-state index in [4.69, 9.17) is 15.2 Å². The molecule has 0 atom stereocenters. The molecular weight excluding hydrogens is 220 g/mol. The number of nitrogens with one attached hydrogen (secondary N) is 1. The molecule has 0 aromatic heterocycles. The third-order valence-corrected chi connectivity index (χ3v) is 2.33.